The van der Waals surface area contributed by atoms with E-state index in [1.807, 2.05) is 0 Å². The summed E-state index contributed by atoms with van der Waals surface area (Å²) in [7, 11) is 0. The molecule has 0 aromatic heterocycles. The summed E-state index contributed by atoms with van der Waals surface area (Å²) in [5.41, 5.74) is 0. The van der Waals surface area contributed by atoms with E-state index in [9.17, 15) is 19.8 Å². The van der Waals surface area contributed by atoms with Crippen LogP contribution in [0.1, 0.15) is 328 Å². The molecule has 0 saturated heterocycles. The summed E-state index contributed by atoms with van der Waals surface area (Å²) in [5, 5.41) is 23.3. The van der Waals surface area contributed by atoms with Crippen molar-refractivity contribution in [2.45, 2.75) is 341 Å². The predicted molar refractivity (Wildman–Crippen MR) is 274 cm³/mol. The number of hydrogen-bond donors (Lipinski definition) is 3. The fraction of sp³-hybridized carbons (Fsp3) is 0.965. The normalized spacial score (nSPS) is 12.5. The molecule has 0 radical (unpaired) electrons. The van der Waals surface area contributed by atoms with Crippen molar-refractivity contribution in [2.75, 3.05) is 13.2 Å². The van der Waals surface area contributed by atoms with Gasteiger partial charge in [-0.25, -0.2) is 0 Å². The summed E-state index contributed by atoms with van der Waals surface area (Å²) in [5.74, 6) is -0.0213. The molecule has 3 N–H and O–H groups in total. The van der Waals surface area contributed by atoms with E-state index in [1.54, 1.807) is 0 Å². The third-order valence-corrected chi connectivity index (χ3v) is 13.7. The summed E-state index contributed by atoms with van der Waals surface area (Å²) < 4.78 is 5.46. The van der Waals surface area contributed by atoms with E-state index in [0.29, 0.717) is 25.9 Å². The van der Waals surface area contributed by atoms with Crippen molar-refractivity contribution >= 4 is 11.9 Å². The average molecular weight is 893 g/mol. The minimum absolute atomic E-state index is 0.0124. The Bertz CT molecular complexity index is 898. The van der Waals surface area contributed by atoms with Crippen LogP contribution in [0.25, 0.3) is 0 Å². The van der Waals surface area contributed by atoms with E-state index in [1.165, 1.54) is 257 Å². The summed E-state index contributed by atoms with van der Waals surface area (Å²) in [6, 6.07) is -0.540. The summed E-state index contributed by atoms with van der Waals surface area (Å²) >= 11 is 0. The van der Waals surface area contributed by atoms with E-state index in [-0.39, 0.29) is 18.5 Å². The first kappa shape index (κ1) is 61.9. The second-order valence-corrected chi connectivity index (χ2v) is 20.0. The number of hydrogen-bond acceptors (Lipinski definition) is 5. The number of carbonyl (C=O) groups excluding carboxylic acids is 2. The Morgan fingerprint density at radius 2 is 0.651 bits per heavy atom. The largest absolute Gasteiger partial charge is 0.466 e. The highest BCUT2D eigenvalue weighted by Gasteiger charge is 2.20. The molecule has 0 aliphatic carbocycles. The van der Waals surface area contributed by atoms with Gasteiger partial charge in [-0.1, -0.05) is 290 Å². The number of unbranched alkanes of at least 4 members (excludes halogenated alkanes) is 43. The van der Waals surface area contributed by atoms with Crippen LogP contribution in [0.4, 0.5) is 0 Å². The van der Waals surface area contributed by atoms with E-state index in [4.69, 9.17) is 4.74 Å². The van der Waals surface area contributed by atoms with Crippen LogP contribution in [0.2, 0.25) is 0 Å². The Morgan fingerprint density at radius 3 is 0.968 bits per heavy atom. The van der Waals surface area contributed by atoms with Gasteiger partial charge in [0.05, 0.1) is 25.4 Å². The molecule has 2 unspecified atom stereocenters. The second-order valence-electron chi connectivity index (χ2n) is 20.0. The molecule has 0 aliphatic heterocycles. The Balaban J connectivity index is 3.37. The van der Waals surface area contributed by atoms with Crippen LogP contribution < -0.4 is 5.32 Å². The zero-order valence-electron chi connectivity index (χ0n) is 42.8. The number of amides is 1. The van der Waals surface area contributed by atoms with E-state index in [2.05, 4.69) is 19.2 Å². The molecule has 0 aromatic rings. The van der Waals surface area contributed by atoms with Gasteiger partial charge in [0.25, 0.3) is 0 Å². The van der Waals surface area contributed by atoms with E-state index < -0.39 is 12.1 Å². The molecule has 6 nitrogen and oxygen atoms in total. The van der Waals surface area contributed by atoms with Crippen LogP contribution >= 0.6 is 0 Å². The van der Waals surface area contributed by atoms with Crippen molar-refractivity contribution < 1.29 is 24.5 Å². The minimum atomic E-state index is -0.663. The highest BCUT2D eigenvalue weighted by molar-refractivity contribution is 5.76. The van der Waals surface area contributed by atoms with Gasteiger partial charge >= 0.3 is 5.97 Å². The fourth-order valence-electron chi connectivity index (χ4n) is 9.23. The average Bonchev–Trinajstić information content (AvgIpc) is 3.28. The Morgan fingerprint density at radius 1 is 0.381 bits per heavy atom. The molecule has 0 aromatic carbocycles. The monoisotopic (exact) mass is 892 g/mol. The summed E-state index contributed by atoms with van der Waals surface area (Å²) in [6.07, 6.45) is 60.9. The number of esters is 1. The van der Waals surface area contributed by atoms with Crippen LogP contribution in [-0.2, 0) is 14.3 Å². The highest BCUT2D eigenvalue weighted by atomic mass is 16.5. The van der Waals surface area contributed by atoms with Crippen LogP contribution in [0.3, 0.4) is 0 Å². The third kappa shape index (κ3) is 50.1. The lowest BCUT2D eigenvalue weighted by atomic mass is 10.0. The fourth-order valence-corrected chi connectivity index (χ4v) is 9.23. The molecule has 6 heteroatoms. The first-order valence-electron chi connectivity index (χ1n) is 28.8. The molecule has 0 aliphatic rings. The first-order chi connectivity index (χ1) is 31.0. The summed E-state index contributed by atoms with van der Waals surface area (Å²) in [4.78, 5) is 24.4. The van der Waals surface area contributed by atoms with Gasteiger partial charge in [-0.3, -0.25) is 9.59 Å². The van der Waals surface area contributed by atoms with Crippen LogP contribution in [-0.4, -0.2) is 47.4 Å². The molecular weight excluding hydrogens is 779 g/mol. The molecule has 1 amide bonds. The van der Waals surface area contributed by atoms with Gasteiger partial charge in [0, 0.05) is 12.8 Å². The van der Waals surface area contributed by atoms with Gasteiger partial charge in [-0.05, 0) is 25.7 Å². The van der Waals surface area contributed by atoms with Gasteiger partial charge in [0.1, 0.15) is 0 Å². The molecule has 0 saturated carbocycles. The molecule has 0 bridgehead atoms. The maximum Gasteiger partial charge on any atom is 0.305 e. The smallest absolute Gasteiger partial charge is 0.305 e. The predicted octanol–water partition coefficient (Wildman–Crippen LogP) is 17.5. The zero-order chi connectivity index (χ0) is 45.8. The van der Waals surface area contributed by atoms with Crippen molar-refractivity contribution in [1.29, 1.82) is 0 Å². The van der Waals surface area contributed by atoms with Crippen molar-refractivity contribution in [3.63, 3.8) is 0 Å². The van der Waals surface area contributed by atoms with Crippen LogP contribution in [0.15, 0.2) is 0 Å². The van der Waals surface area contributed by atoms with Crippen molar-refractivity contribution in [3.8, 4) is 0 Å². The van der Waals surface area contributed by atoms with Gasteiger partial charge in [-0.15, -0.1) is 0 Å². The highest BCUT2D eigenvalue weighted by Crippen LogP contribution is 2.18. The number of carbonyl (C=O) groups is 2. The van der Waals surface area contributed by atoms with E-state index >= 15 is 0 Å². The molecule has 0 fully saturated rings. The standard InChI is InChI=1S/C57H113NO5/c1-3-5-7-9-11-13-15-16-26-30-33-37-41-45-49-55(60)54(53-59)58-56(61)50-46-42-38-34-31-27-24-22-20-18-17-19-21-23-25-28-32-36-40-44-48-52-63-57(62)51-47-43-39-35-29-14-12-10-8-6-4-2/h54-55,59-60H,3-53H2,1-2H3,(H,58,61). The molecule has 0 heterocycles. The number of aliphatic hydroxyl groups is 2. The topological polar surface area (TPSA) is 95.9 Å². The third-order valence-electron chi connectivity index (χ3n) is 13.7. The molecule has 63 heavy (non-hydrogen) atoms. The number of aliphatic hydroxyl groups excluding tert-OH is 2. The van der Waals surface area contributed by atoms with Crippen molar-refractivity contribution in [2.24, 2.45) is 0 Å². The van der Waals surface area contributed by atoms with Gasteiger partial charge in [0.2, 0.25) is 5.91 Å². The van der Waals surface area contributed by atoms with Gasteiger partial charge < -0.3 is 20.3 Å². The lowest BCUT2D eigenvalue weighted by Crippen LogP contribution is -2.45. The van der Waals surface area contributed by atoms with Crippen molar-refractivity contribution in [1.82, 2.24) is 5.32 Å². The molecular formula is C57H113NO5. The first-order valence-corrected chi connectivity index (χ1v) is 28.8. The van der Waals surface area contributed by atoms with Gasteiger partial charge in [0.15, 0.2) is 0 Å². The minimum Gasteiger partial charge on any atom is -0.466 e. The molecule has 0 spiro atoms. The molecule has 2 atom stereocenters. The Labute approximate surface area is 394 Å². The maximum absolute atomic E-state index is 12.5. The zero-order valence-corrected chi connectivity index (χ0v) is 42.8. The number of ether oxygens (including phenoxy) is 1. The number of rotatable bonds is 54. The number of nitrogens with one attached hydrogen (secondary N) is 1. The SMILES string of the molecule is CCCCCCCCCCCCCCCCC(O)C(CO)NC(=O)CCCCCCCCCCCCCCCCCCCCCCCOC(=O)CCCCCCCCCCCCC. The molecule has 376 valence electrons. The van der Waals surface area contributed by atoms with Gasteiger partial charge in [-0.2, -0.15) is 0 Å². The maximum atomic E-state index is 12.5. The Hall–Kier alpha value is -1.14. The second kappa shape index (κ2) is 53.5. The lowest BCUT2D eigenvalue weighted by molar-refractivity contribution is -0.143. The quantitative estimate of drug-likeness (QED) is 0.0418. The van der Waals surface area contributed by atoms with Crippen LogP contribution in [0, 0.1) is 0 Å². The lowest BCUT2D eigenvalue weighted by Gasteiger charge is -2.22. The van der Waals surface area contributed by atoms with E-state index in [0.717, 1.165) is 38.5 Å². The Kier molecular flexibility index (Phi) is 52.5. The van der Waals surface area contributed by atoms with Crippen molar-refractivity contribution in [3.05, 3.63) is 0 Å². The molecule has 0 rings (SSSR count). The van der Waals surface area contributed by atoms with Crippen LogP contribution in [0.5, 0.6) is 0 Å². The summed E-state index contributed by atoms with van der Waals surface area (Å²) in [6.45, 7) is 4.97.